The van der Waals surface area contributed by atoms with E-state index in [9.17, 15) is 0 Å². The van der Waals surface area contributed by atoms with E-state index in [0.29, 0.717) is 5.02 Å². The number of nitrogens with one attached hydrogen (secondary N) is 1. The van der Waals surface area contributed by atoms with Crippen LogP contribution in [0.1, 0.15) is 19.4 Å². The summed E-state index contributed by atoms with van der Waals surface area (Å²) >= 11 is 5.91. The van der Waals surface area contributed by atoms with Crippen LogP contribution in [0.4, 0.5) is 0 Å². The second-order valence-electron chi connectivity index (χ2n) is 2.50. The zero-order valence-corrected chi connectivity index (χ0v) is 9.98. The first-order valence-corrected chi connectivity index (χ1v) is 5.12. The lowest BCUT2D eigenvalue weighted by molar-refractivity contribution is 0.415. The first-order valence-electron chi connectivity index (χ1n) is 4.75. The van der Waals surface area contributed by atoms with Crippen LogP contribution in [0.25, 0.3) is 0 Å². The van der Waals surface area contributed by atoms with Crippen molar-refractivity contribution in [1.29, 1.82) is 0 Å². The lowest BCUT2D eigenvalue weighted by atomic mass is 10.2. The van der Waals surface area contributed by atoms with Gasteiger partial charge in [0.2, 0.25) is 0 Å². The van der Waals surface area contributed by atoms with E-state index in [4.69, 9.17) is 16.3 Å². The van der Waals surface area contributed by atoms with Crippen molar-refractivity contribution in [3.05, 3.63) is 28.8 Å². The summed E-state index contributed by atoms with van der Waals surface area (Å²) in [6, 6.07) is 5.76. The van der Waals surface area contributed by atoms with Crippen LogP contribution in [0, 0.1) is 0 Å². The van der Waals surface area contributed by atoms with Gasteiger partial charge < -0.3 is 10.1 Å². The second kappa shape index (κ2) is 7.65. The summed E-state index contributed by atoms with van der Waals surface area (Å²) in [5.41, 5.74) is 1.16. The number of halogens is 1. The molecule has 0 aliphatic heterocycles. The minimum absolute atomic E-state index is 0.658. The predicted octanol–water partition coefficient (Wildman–Crippen LogP) is 3.09. The fourth-order valence-electron chi connectivity index (χ4n) is 1.02. The van der Waals surface area contributed by atoms with Gasteiger partial charge in [-0.2, -0.15) is 0 Å². The van der Waals surface area contributed by atoms with Gasteiger partial charge in [0.25, 0.3) is 0 Å². The van der Waals surface area contributed by atoms with Crippen LogP contribution in [0.15, 0.2) is 18.2 Å². The predicted molar refractivity (Wildman–Crippen MR) is 62.1 cm³/mol. The van der Waals surface area contributed by atoms with Gasteiger partial charge in [-0.05, 0) is 24.7 Å². The molecule has 0 fully saturated rings. The van der Waals surface area contributed by atoms with E-state index in [-0.39, 0.29) is 0 Å². The van der Waals surface area contributed by atoms with Crippen LogP contribution in [0.5, 0.6) is 5.75 Å². The molecule has 1 aromatic carbocycles. The van der Waals surface area contributed by atoms with E-state index in [1.807, 2.05) is 39.1 Å². The molecular formula is C11H18ClNO. The standard InChI is InChI=1S/C9H12ClNO.C2H6/c1-11-6-7-3-4-9(12-2)8(10)5-7;1-2/h3-5,11H,6H2,1-2H3;1-2H3. The van der Waals surface area contributed by atoms with Gasteiger partial charge in [-0.3, -0.25) is 0 Å². The molecule has 0 unspecified atom stereocenters. The molecular weight excluding hydrogens is 198 g/mol. The topological polar surface area (TPSA) is 21.3 Å². The van der Waals surface area contributed by atoms with Crippen LogP contribution in [-0.2, 0) is 6.54 Å². The van der Waals surface area contributed by atoms with Crippen LogP contribution in [-0.4, -0.2) is 14.2 Å². The van der Waals surface area contributed by atoms with E-state index in [0.717, 1.165) is 17.9 Å². The van der Waals surface area contributed by atoms with E-state index in [2.05, 4.69) is 5.32 Å². The highest BCUT2D eigenvalue weighted by Crippen LogP contribution is 2.24. The Balaban J connectivity index is 0.000000791. The van der Waals surface area contributed by atoms with Gasteiger partial charge in [0.15, 0.2) is 0 Å². The summed E-state index contributed by atoms with van der Waals surface area (Å²) in [7, 11) is 3.51. The lowest BCUT2D eigenvalue weighted by Crippen LogP contribution is -2.04. The van der Waals surface area contributed by atoms with E-state index in [1.165, 1.54) is 0 Å². The minimum Gasteiger partial charge on any atom is -0.495 e. The molecule has 0 amide bonds. The molecule has 0 aliphatic rings. The van der Waals surface area contributed by atoms with Crippen molar-refractivity contribution in [1.82, 2.24) is 5.32 Å². The van der Waals surface area contributed by atoms with E-state index in [1.54, 1.807) is 7.11 Å². The maximum absolute atomic E-state index is 5.91. The highest BCUT2D eigenvalue weighted by Gasteiger charge is 1.99. The Morgan fingerprint density at radius 1 is 1.36 bits per heavy atom. The van der Waals surface area contributed by atoms with Crippen LogP contribution in [0.2, 0.25) is 5.02 Å². The fraction of sp³-hybridized carbons (Fsp3) is 0.455. The highest BCUT2D eigenvalue weighted by molar-refractivity contribution is 6.32. The van der Waals surface area contributed by atoms with Crippen molar-refractivity contribution in [3.8, 4) is 5.75 Å². The molecule has 0 spiro atoms. The second-order valence-corrected chi connectivity index (χ2v) is 2.91. The molecule has 0 saturated heterocycles. The Labute approximate surface area is 91.2 Å². The monoisotopic (exact) mass is 215 g/mol. The van der Waals surface area contributed by atoms with Crippen molar-refractivity contribution < 1.29 is 4.74 Å². The summed E-state index contributed by atoms with van der Waals surface area (Å²) in [4.78, 5) is 0. The molecule has 80 valence electrons. The molecule has 1 N–H and O–H groups in total. The van der Waals surface area contributed by atoms with Gasteiger partial charge in [0.05, 0.1) is 12.1 Å². The molecule has 0 saturated carbocycles. The molecule has 0 radical (unpaired) electrons. The number of hydrogen-bond donors (Lipinski definition) is 1. The zero-order valence-electron chi connectivity index (χ0n) is 9.23. The molecule has 3 heteroatoms. The van der Waals surface area contributed by atoms with Crippen LogP contribution < -0.4 is 10.1 Å². The first kappa shape index (κ1) is 13.3. The van der Waals surface area contributed by atoms with Crippen molar-refractivity contribution in [2.24, 2.45) is 0 Å². The molecule has 0 atom stereocenters. The molecule has 0 heterocycles. The molecule has 2 nitrogen and oxygen atoms in total. The SMILES string of the molecule is CC.CNCc1ccc(OC)c(Cl)c1. The third-order valence-electron chi connectivity index (χ3n) is 1.60. The largest absolute Gasteiger partial charge is 0.495 e. The molecule has 0 bridgehead atoms. The molecule has 14 heavy (non-hydrogen) atoms. The number of rotatable bonds is 3. The van der Waals surface area contributed by atoms with E-state index < -0.39 is 0 Å². The summed E-state index contributed by atoms with van der Waals surface area (Å²) in [6.07, 6.45) is 0. The number of benzene rings is 1. The molecule has 0 aromatic heterocycles. The summed E-state index contributed by atoms with van der Waals surface area (Å²) in [6.45, 7) is 4.82. The fourth-order valence-corrected chi connectivity index (χ4v) is 1.30. The number of ether oxygens (including phenoxy) is 1. The van der Waals surface area contributed by atoms with Gasteiger partial charge >= 0.3 is 0 Å². The van der Waals surface area contributed by atoms with Crippen molar-refractivity contribution >= 4 is 11.6 Å². The maximum atomic E-state index is 5.91. The maximum Gasteiger partial charge on any atom is 0.137 e. The Morgan fingerprint density at radius 3 is 2.43 bits per heavy atom. The number of hydrogen-bond acceptors (Lipinski definition) is 2. The smallest absolute Gasteiger partial charge is 0.137 e. The van der Waals surface area contributed by atoms with Crippen molar-refractivity contribution in [3.63, 3.8) is 0 Å². The third-order valence-corrected chi connectivity index (χ3v) is 1.89. The average molecular weight is 216 g/mol. The van der Waals surface area contributed by atoms with Gasteiger partial charge in [-0.1, -0.05) is 31.5 Å². The van der Waals surface area contributed by atoms with Gasteiger partial charge in [-0.25, -0.2) is 0 Å². The van der Waals surface area contributed by atoms with Crippen molar-refractivity contribution in [2.45, 2.75) is 20.4 Å². The quantitative estimate of drug-likeness (QED) is 0.837. The summed E-state index contributed by atoms with van der Waals surface area (Å²) < 4.78 is 5.03. The van der Waals surface area contributed by atoms with Crippen LogP contribution in [0.3, 0.4) is 0 Å². The van der Waals surface area contributed by atoms with E-state index >= 15 is 0 Å². The third kappa shape index (κ3) is 3.99. The molecule has 1 aromatic rings. The van der Waals surface area contributed by atoms with Gasteiger partial charge in [-0.15, -0.1) is 0 Å². The Hall–Kier alpha value is -0.730. The average Bonchev–Trinajstić information content (AvgIpc) is 2.22. The lowest BCUT2D eigenvalue weighted by Gasteiger charge is -2.04. The highest BCUT2D eigenvalue weighted by atomic mass is 35.5. The Kier molecular flexibility index (Phi) is 7.25. The van der Waals surface area contributed by atoms with Crippen LogP contribution >= 0.6 is 11.6 Å². The normalized spacial score (nSPS) is 8.93. The number of methoxy groups -OCH3 is 1. The van der Waals surface area contributed by atoms with Gasteiger partial charge in [0, 0.05) is 6.54 Å². The Morgan fingerprint density at radius 2 is 2.00 bits per heavy atom. The summed E-state index contributed by atoms with van der Waals surface area (Å²) in [5.74, 6) is 0.719. The minimum atomic E-state index is 0.658. The van der Waals surface area contributed by atoms with Gasteiger partial charge in [0.1, 0.15) is 5.75 Å². The molecule has 0 aliphatic carbocycles. The Bertz CT molecular complexity index is 263. The van der Waals surface area contributed by atoms with Crippen molar-refractivity contribution in [2.75, 3.05) is 14.2 Å². The zero-order chi connectivity index (χ0) is 11.0. The molecule has 1 rings (SSSR count). The summed E-state index contributed by atoms with van der Waals surface area (Å²) in [5, 5.41) is 3.71. The first-order chi connectivity index (χ1) is 6.77.